The van der Waals surface area contributed by atoms with Crippen LogP contribution in [-0.2, 0) is 20.7 Å². The average molecular weight is 399 g/mol. The van der Waals surface area contributed by atoms with Crippen LogP contribution in [0.15, 0.2) is 30.5 Å². The Balaban J connectivity index is 1.83. The van der Waals surface area contributed by atoms with E-state index in [4.69, 9.17) is 19.4 Å². The summed E-state index contributed by atoms with van der Waals surface area (Å²) >= 11 is 0. The number of aryl methyl sites for hydroxylation is 1. The molecule has 0 saturated carbocycles. The number of rotatable bonds is 8. The molecular weight excluding hydrogens is 370 g/mol. The quantitative estimate of drug-likeness (QED) is 0.539. The number of phenolic OH excluding ortho intramolecular Hbond substituents is 1. The Morgan fingerprint density at radius 1 is 1.24 bits per heavy atom. The molecule has 1 N–H and O–H groups in total. The summed E-state index contributed by atoms with van der Waals surface area (Å²) in [6.45, 7) is 4.39. The second-order valence-corrected chi connectivity index (χ2v) is 7.19. The Labute approximate surface area is 171 Å². The van der Waals surface area contributed by atoms with Gasteiger partial charge in [0.1, 0.15) is 11.4 Å². The number of anilines is 1. The number of nitrogens with zero attached hydrogens (tertiary/aromatic N) is 3. The highest BCUT2D eigenvalue weighted by molar-refractivity contribution is 5.75. The number of ether oxygens (including phenoxy) is 2. The number of phenols is 1. The van der Waals surface area contributed by atoms with Gasteiger partial charge in [0.2, 0.25) is 0 Å². The Morgan fingerprint density at radius 2 is 1.97 bits per heavy atom. The van der Waals surface area contributed by atoms with Crippen LogP contribution in [-0.4, -0.2) is 54.5 Å². The Morgan fingerprint density at radius 3 is 2.62 bits per heavy atom. The summed E-state index contributed by atoms with van der Waals surface area (Å²) in [6, 6.07) is 7.00. The minimum absolute atomic E-state index is 0.0545. The first-order valence-corrected chi connectivity index (χ1v) is 10.2. The van der Waals surface area contributed by atoms with Gasteiger partial charge in [-0.2, -0.15) is 0 Å². The monoisotopic (exact) mass is 399 g/mol. The fourth-order valence-electron chi connectivity index (χ4n) is 3.56. The number of carbonyl (C=O) groups is 1. The summed E-state index contributed by atoms with van der Waals surface area (Å²) < 4.78 is 10.3. The number of aromatic nitrogens is 2. The lowest BCUT2D eigenvalue weighted by Gasteiger charge is -2.32. The molecule has 2 heterocycles. The van der Waals surface area contributed by atoms with E-state index >= 15 is 0 Å². The molecule has 0 bridgehead atoms. The van der Waals surface area contributed by atoms with Crippen molar-refractivity contribution >= 4 is 11.8 Å². The average Bonchev–Trinajstić information content (AvgIpc) is 2.75. The van der Waals surface area contributed by atoms with E-state index in [0.29, 0.717) is 13.2 Å². The molecule has 2 aromatic rings. The molecule has 0 spiro atoms. The highest BCUT2D eigenvalue weighted by Crippen LogP contribution is 2.31. The second kappa shape index (κ2) is 10.2. The van der Waals surface area contributed by atoms with Gasteiger partial charge < -0.3 is 19.5 Å². The fraction of sp³-hybridized carbons (Fsp3) is 0.500. The maximum absolute atomic E-state index is 12.1. The zero-order valence-corrected chi connectivity index (χ0v) is 17.1. The summed E-state index contributed by atoms with van der Waals surface area (Å²) in [5.41, 5.74) is 2.61. The minimum Gasteiger partial charge on any atom is -0.508 e. The van der Waals surface area contributed by atoms with Crippen LogP contribution in [0.1, 0.15) is 31.9 Å². The predicted octanol–water partition coefficient (Wildman–Crippen LogP) is 3.21. The lowest BCUT2D eigenvalue weighted by molar-refractivity contribution is -0.148. The topological polar surface area (TPSA) is 84.8 Å². The Bertz CT molecular complexity index is 802. The lowest BCUT2D eigenvalue weighted by atomic mass is 9.96. The van der Waals surface area contributed by atoms with Gasteiger partial charge in [-0.25, -0.2) is 4.98 Å². The summed E-state index contributed by atoms with van der Waals surface area (Å²) in [5, 5.41) is 9.61. The fourth-order valence-corrected chi connectivity index (χ4v) is 3.56. The van der Waals surface area contributed by atoms with Crippen LogP contribution in [0.2, 0.25) is 0 Å². The molecule has 1 aliphatic rings. The van der Waals surface area contributed by atoms with Gasteiger partial charge in [0.15, 0.2) is 5.82 Å². The third-order valence-electron chi connectivity index (χ3n) is 5.14. The summed E-state index contributed by atoms with van der Waals surface area (Å²) in [6.07, 6.45) is 4.97. The molecule has 1 fully saturated rings. The first-order valence-electron chi connectivity index (χ1n) is 10.2. The van der Waals surface area contributed by atoms with E-state index in [2.05, 4.69) is 4.90 Å². The highest BCUT2D eigenvalue weighted by atomic mass is 16.5. The van der Waals surface area contributed by atoms with E-state index in [-0.39, 0.29) is 17.6 Å². The van der Waals surface area contributed by atoms with E-state index < -0.39 is 0 Å². The maximum atomic E-state index is 12.1. The normalized spacial score (nSPS) is 14.8. The number of aromatic hydroxyl groups is 1. The number of esters is 1. The standard InChI is InChI=1S/C22H29N3O4/c1-3-29-22(27)17-10-12-25(13-11-17)21-20(16-6-8-19(26)9-7-16)23-15-18(24-21)5-4-14-28-2/h6-9,15,17,26H,3-5,10-14H2,1-2H3. The molecule has 3 rings (SSSR count). The van der Waals surface area contributed by atoms with E-state index in [1.54, 1.807) is 19.2 Å². The number of carbonyl (C=O) groups excluding carboxylic acids is 1. The zero-order valence-electron chi connectivity index (χ0n) is 17.1. The predicted molar refractivity (Wildman–Crippen MR) is 111 cm³/mol. The van der Waals surface area contributed by atoms with Crippen LogP contribution in [0, 0.1) is 5.92 Å². The summed E-state index contributed by atoms with van der Waals surface area (Å²) in [4.78, 5) is 23.9. The molecule has 29 heavy (non-hydrogen) atoms. The van der Waals surface area contributed by atoms with Gasteiger partial charge in [0, 0.05) is 38.6 Å². The third kappa shape index (κ3) is 5.44. The molecule has 7 nitrogen and oxygen atoms in total. The van der Waals surface area contributed by atoms with Gasteiger partial charge in [-0.15, -0.1) is 0 Å². The molecular formula is C22H29N3O4. The maximum Gasteiger partial charge on any atom is 0.309 e. The van der Waals surface area contributed by atoms with Crippen LogP contribution >= 0.6 is 0 Å². The van der Waals surface area contributed by atoms with Crippen molar-refractivity contribution in [2.45, 2.75) is 32.6 Å². The minimum atomic E-state index is -0.106. The van der Waals surface area contributed by atoms with Crippen molar-refractivity contribution in [2.24, 2.45) is 5.92 Å². The Hall–Kier alpha value is -2.67. The van der Waals surface area contributed by atoms with Crippen LogP contribution in [0.25, 0.3) is 11.3 Å². The van der Waals surface area contributed by atoms with Gasteiger partial charge in [0.05, 0.1) is 18.2 Å². The van der Waals surface area contributed by atoms with Crippen molar-refractivity contribution in [3.63, 3.8) is 0 Å². The molecule has 0 radical (unpaired) electrons. The SMILES string of the molecule is CCOC(=O)C1CCN(c2nc(CCCOC)cnc2-c2ccc(O)cc2)CC1. The molecule has 0 amide bonds. The summed E-state index contributed by atoms with van der Waals surface area (Å²) in [5.74, 6) is 0.883. The molecule has 7 heteroatoms. The van der Waals surface area contributed by atoms with Crippen molar-refractivity contribution in [1.29, 1.82) is 0 Å². The van der Waals surface area contributed by atoms with Gasteiger partial charge in [-0.1, -0.05) is 0 Å². The molecule has 0 unspecified atom stereocenters. The van der Waals surface area contributed by atoms with Crippen LogP contribution in [0.5, 0.6) is 5.75 Å². The molecule has 1 saturated heterocycles. The zero-order chi connectivity index (χ0) is 20.6. The number of piperidine rings is 1. The molecule has 156 valence electrons. The number of hydrogen-bond acceptors (Lipinski definition) is 7. The van der Waals surface area contributed by atoms with Gasteiger partial charge in [-0.05, 0) is 56.9 Å². The van der Waals surface area contributed by atoms with E-state index in [1.807, 2.05) is 25.3 Å². The lowest BCUT2D eigenvalue weighted by Crippen LogP contribution is -2.38. The Kier molecular flexibility index (Phi) is 7.41. The van der Waals surface area contributed by atoms with E-state index in [9.17, 15) is 9.90 Å². The van der Waals surface area contributed by atoms with Gasteiger partial charge in [-0.3, -0.25) is 9.78 Å². The molecule has 1 aromatic carbocycles. The molecule has 1 aromatic heterocycles. The van der Waals surface area contributed by atoms with Crippen molar-refractivity contribution in [2.75, 3.05) is 38.3 Å². The third-order valence-corrected chi connectivity index (χ3v) is 5.14. The number of methoxy groups -OCH3 is 1. The van der Waals surface area contributed by atoms with Gasteiger partial charge >= 0.3 is 5.97 Å². The van der Waals surface area contributed by atoms with E-state index in [0.717, 1.165) is 61.5 Å². The number of benzene rings is 1. The van der Waals surface area contributed by atoms with Crippen LogP contribution in [0.3, 0.4) is 0 Å². The van der Waals surface area contributed by atoms with Crippen LogP contribution in [0.4, 0.5) is 5.82 Å². The summed E-state index contributed by atoms with van der Waals surface area (Å²) in [7, 11) is 1.69. The number of hydrogen-bond donors (Lipinski definition) is 1. The smallest absolute Gasteiger partial charge is 0.309 e. The van der Waals surface area contributed by atoms with Crippen LogP contribution < -0.4 is 4.90 Å². The van der Waals surface area contributed by atoms with Crippen molar-refractivity contribution in [1.82, 2.24) is 9.97 Å². The molecule has 0 aliphatic carbocycles. The highest BCUT2D eigenvalue weighted by Gasteiger charge is 2.28. The molecule has 1 aliphatic heterocycles. The van der Waals surface area contributed by atoms with Crippen molar-refractivity contribution < 1.29 is 19.4 Å². The second-order valence-electron chi connectivity index (χ2n) is 7.19. The van der Waals surface area contributed by atoms with Gasteiger partial charge in [0.25, 0.3) is 0 Å². The largest absolute Gasteiger partial charge is 0.508 e. The first kappa shape index (κ1) is 21.0. The van der Waals surface area contributed by atoms with Crippen molar-refractivity contribution in [3.8, 4) is 17.0 Å². The van der Waals surface area contributed by atoms with Crippen molar-refractivity contribution in [3.05, 3.63) is 36.2 Å². The van der Waals surface area contributed by atoms with E-state index in [1.165, 1.54) is 0 Å². The first-order chi connectivity index (χ1) is 14.1. The molecule has 0 atom stereocenters.